The second-order valence-electron chi connectivity index (χ2n) is 7.50. The van der Waals surface area contributed by atoms with Crippen molar-refractivity contribution >= 4 is 6.08 Å². The van der Waals surface area contributed by atoms with Gasteiger partial charge in [0.1, 0.15) is 0 Å². The van der Waals surface area contributed by atoms with Crippen LogP contribution >= 0.6 is 0 Å². The van der Waals surface area contributed by atoms with E-state index in [0.29, 0.717) is 17.4 Å². The number of aromatic nitrogens is 3. The van der Waals surface area contributed by atoms with Crippen LogP contribution in [0.5, 0.6) is 0 Å². The van der Waals surface area contributed by atoms with E-state index in [4.69, 9.17) is 0 Å². The first-order valence-electron chi connectivity index (χ1n) is 9.61. The molecular formula is C24H22N4. The Balaban J connectivity index is 1.60. The van der Waals surface area contributed by atoms with Crippen LogP contribution in [0.1, 0.15) is 42.3 Å². The Hall–Kier alpha value is -3.32. The highest BCUT2D eigenvalue weighted by atomic mass is 15.1. The minimum Gasteiger partial charge on any atom is -0.256 e. The Bertz CT molecular complexity index is 1050. The fourth-order valence-electron chi connectivity index (χ4n) is 3.92. The van der Waals surface area contributed by atoms with Gasteiger partial charge in [-0.2, -0.15) is 15.5 Å². The summed E-state index contributed by atoms with van der Waals surface area (Å²) >= 11 is 0. The number of benzene rings is 1. The monoisotopic (exact) mass is 366 g/mol. The van der Waals surface area contributed by atoms with E-state index in [1.807, 2.05) is 42.6 Å². The summed E-state index contributed by atoms with van der Waals surface area (Å²) in [6.45, 7) is 4.58. The number of pyridine rings is 1. The Morgan fingerprint density at radius 1 is 1.11 bits per heavy atom. The van der Waals surface area contributed by atoms with Crippen LogP contribution < -0.4 is 0 Å². The summed E-state index contributed by atoms with van der Waals surface area (Å²) in [6.07, 6.45) is 8.94. The molecule has 0 saturated heterocycles. The highest BCUT2D eigenvalue weighted by Gasteiger charge is 2.31. The van der Waals surface area contributed by atoms with E-state index in [0.717, 1.165) is 28.9 Å². The van der Waals surface area contributed by atoms with Gasteiger partial charge >= 0.3 is 0 Å². The SMILES string of the molecule is C[C@H]1[C@H](C=Cc2ccc(-c3ccccc3C#N)cn2)c2nnccc2C[C@@H]1C. The average Bonchev–Trinajstić information content (AvgIpc) is 2.74. The van der Waals surface area contributed by atoms with Gasteiger partial charge in [-0.05, 0) is 48.1 Å². The van der Waals surface area contributed by atoms with Gasteiger partial charge in [0.25, 0.3) is 0 Å². The fraction of sp³-hybridized carbons (Fsp3) is 0.250. The van der Waals surface area contributed by atoms with Crippen molar-refractivity contribution in [3.05, 3.63) is 83.4 Å². The number of hydrogen-bond acceptors (Lipinski definition) is 4. The van der Waals surface area contributed by atoms with E-state index in [-0.39, 0.29) is 5.92 Å². The lowest BCUT2D eigenvalue weighted by Crippen LogP contribution is -2.26. The smallest absolute Gasteiger partial charge is 0.0998 e. The van der Waals surface area contributed by atoms with Gasteiger partial charge < -0.3 is 0 Å². The third-order valence-corrected chi connectivity index (χ3v) is 5.78. The molecule has 3 aromatic rings. The molecule has 28 heavy (non-hydrogen) atoms. The molecule has 0 radical (unpaired) electrons. The number of nitrogens with zero attached hydrogens (tertiary/aromatic N) is 4. The van der Waals surface area contributed by atoms with Gasteiger partial charge in [0, 0.05) is 29.4 Å². The minimum atomic E-state index is 0.244. The van der Waals surface area contributed by atoms with E-state index in [1.54, 1.807) is 6.20 Å². The van der Waals surface area contributed by atoms with Crippen molar-refractivity contribution in [2.45, 2.75) is 26.2 Å². The Labute approximate surface area is 165 Å². The molecule has 0 amide bonds. The number of hydrogen-bond donors (Lipinski definition) is 0. The molecule has 0 spiro atoms. The van der Waals surface area contributed by atoms with E-state index in [9.17, 15) is 5.26 Å². The summed E-state index contributed by atoms with van der Waals surface area (Å²) in [5, 5.41) is 17.8. The van der Waals surface area contributed by atoms with Crippen molar-refractivity contribution < 1.29 is 0 Å². The molecule has 2 heterocycles. The molecule has 0 unspecified atom stereocenters. The number of nitriles is 1. The molecule has 4 nitrogen and oxygen atoms in total. The standard InChI is InChI=1S/C24H22N4/c1-16-13-18-11-12-27-28-24(18)22(17(16)2)10-9-21-8-7-20(15-26-21)23-6-4-3-5-19(23)14-25/h3-12,15-17,22H,13H2,1-2H3/t16-,17+,22-/m0/s1. The maximum Gasteiger partial charge on any atom is 0.0998 e. The van der Waals surface area contributed by atoms with Crippen molar-refractivity contribution in [2.75, 3.05) is 0 Å². The van der Waals surface area contributed by atoms with Crippen LogP contribution in [0.15, 0.2) is 60.9 Å². The predicted molar refractivity (Wildman–Crippen MR) is 110 cm³/mol. The Kier molecular flexibility index (Phi) is 4.99. The van der Waals surface area contributed by atoms with Crippen LogP contribution in [0, 0.1) is 23.2 Å². The molecule has 2 aromatic heterocycles. The van der Waals surface area contributed by atoms with Gasteiger partial charge in [-0.1, -0.05) is 44.2 Å². The molecule has 0 bridgehead atoms. The lowest BCUT2D eigenvalue weighted by atomic mass is 9.72. The molecule has 1 aromatic carbocycles. The lowest BCUT2D eigenvalue weighted by molar-refractivity contribution is 0.324. The second kappa shape index (κ2) is 7.74. The van der Waals surface area contributed by atoms with Gasteiger partial charge in [0.2, 0.25) is 0 Å². The molecule has 138 valence electrons. The maximum atomic E-state index is 9.30. The second-order valence-corrected chi connectivity index (χ2v) is 7.50. The van der Waals surface area contributed by atoms with Crippen molar-refractivity contribution in [3.8, 4) is 17.2 Å². The first-order chi connectivity index (χ1) is 13.7. The molecule has 1 aliphatic rings. The first kappa shape index (κ1) is 18.1. The van der Waals surface area contributed by atoms with Crippen LogP contribution in [0.4, 0.5) is 0 Å². The third-order valence-electron chi connectivity index (χ3n) is 5.78. The predicted octanol–water partition coefficient (Wildman–Crippen LogP) is 5.04. The molecule has 0 saturated carbocycles. The molecule has 0 fully saturated rings. The topological polar surface area (TPSA) is 62.5 Å². The van der Waals surface area contributed by atoms with Gasteiger partial charge in [-0.15, -0.1) is 0 Å². The van der Waals surface area contributed by atoms with Crippen molar-refractivity contribution in [2.24, 2.45) is 11.8 Å². The van der Waals surface area contributed by atoms with E-state index in [2.05, 4.69) is 53.3 Å². The van der Waals surface area contributed by atoms with Crippen molar-refractivity contribution in [1.29, 1.82) is 5.26 Å². The van der Waals surface area contributed by atoms with E-state index < -0.39 is 0 Å². The highest BCUT2D eigenvalue weighted by Crippen LogP contribution is 2.39. The summed E-state index contributed by atoms with van der Waals surface area (Å²) in [7, 11) is 0. The third kappa shape index (κ3) is 3.44. The summed E-state index contributed by atoms with van der Waals surface area (Å²) in [6, 6.07) is 15.9. The van der Waals surface area contributed by atoms with Crippen LogP contribution in [0.2, 0.25) is 0 Å². The Morgan fingerprint density at radius 2 is 1.96 bits per heavy atom. The number of fused-ring (bicyclic) bond motifs is 1. The Morgan fingerprint density at radius 3 is 2.75 bits per heavy atom. The van der Waals surface area contributed by atoms with Gasteiger partial charge in [-0.25, -0.2) is 0 Å². The zero-order valence-corrected chi connectivity index (χ0v) is 16.1. The largest absolute Gasteiger partial charge is 0.256 e. The molecule has 0 aliphatic heterocycles. The lowest BCUT2D eigenvalue weighted by Gasteiger charge is -2.33. The zero-order chi connectivity index (χ0) is 19.5. The van der Waals surface area contributed by atoms with Gasteiger partial charge in [0.05, 0.1) is 23.0 Å². The molecule has 4 rings (SSSR count). The van der Waals surface area contributed by atoms with Gasteiger partial charge in [-0.3, -0.25) is 4.98 Å². The zero-order valence-electron chi connectivity index (χ0n) is 16.1. The fourth-order valence-corrected chi connectivity index (χ4v) is 3.92. The van der Waals surface area contributed by atoms with Crippen LogP contribution in [0.3, 0.4) is 0 Å². The minimum absolute atomic E-state index is 0.244. The maximum absolute atomic E-state index is 9.30. The van der Waals surface area contributed by atoms with Crippen LogP contribution in [-0.2, 0) is 6.42 Å². The average molecular weight is 366 g/mol. The molecular weight excluding hydrogens is 344 g/mol. The van der Waals surface area contributed by atoms with E-state index in [1.165, 1.54) is 5.56 Å². The van der Waals surface area contributed by atoms with Crippen molar-refractivity contribution in [1.82, 2.24) is 15.2 Å². The summed E-state index contributed by atoms with van der Waals surface area (Å²) < 4.78 is 0. The summed E-state index contributed by atoms with van der Waals surface area (Å²) in [5.41, 5.74) is 5.80. The van der Waals surface area contributed by atoms with Gasteiger partial charge in [0.15, 0.2) is 0 Å². The molecule has 4 heteroatoms. The number of rotatable bonds is 3. The summed E-state index contributed by atoms with van der Waals surface area (Å²) in [5.74, 6) is 1.35. The molecule has 3 atom stereocenters. The quantitative estimate of drug-likeness (QED) is 0.652. The van der Waals surface area contributed by atoms with Crippen molar-refractivity contribution in [3.63, 3.8) is 0 Å². The summed E-state index contributed by atoms with van der Waals surface area (Å²) in [4.78, 5) is 4.58. The molecule has 0 N–H and O–H groups in total. The van der Waals surface area contributed by atoms with Crippen LogP contribution in [-0.4, -0.2) is 15.2 Å². The number of allylic oxidation sites excluding steroid dienone is 1. The van der Waals surface area contributed by atoms with E-state index >= 15 is 0 Å². The highest BCUT2D eigenvalue weighted by molar-refractivity contribution is 5.70. The molecule has 1 aliphatic carbocycles. The first-order valence-corrected chi connectivity index (χ1v) is 9.61. The van der Waals surface area contributed by atoms with Crippen LogP contribution in [0.25, 0.3) is 17.2 Å². The normalized spacial score (nSPS) is 21.2.